The third-order valence-corrected chi connectivity index (χ3v) is 5.07. The largest absolute Gasteiger partial charge is 0.497 e. The average molecular weight is 422 g/mol. The number of anilines is 1. The second-order valence-corrected chi connectivity index (χ2v) is 7.12. The van der Waals surface area contributed by atoms with Crippen LogP contribution in [0.5, 0.6) is 5.75 Å². The van der Waals surface area contributed by atoms with Gasteiger partial charge in [-0.1, -0.05) is 6.07 Å². The second-order valence-electron chi connectivity index (χ2n) is 7.12. The van der Waals surface area contributed by atoms with Gasteiger partial charge in [-0.15, -0.1) is 0 Å². The number of carbonyl (C=O) groups excluding carboxylic acids is 2. The number of methoxy groups -OCH3 is 1. The molecule has 3 rings (SSSR count). The van der Waals surface area contributed by atoms with Crippen LogP contribution in [-0.2, 0) is 27.8 Å². The van der Waals surface area contributed by atoms with Gasteiger partial charge in [0.15, 0.2) is 0 Å². The number of benzene rings is 2. The third-order valence-electron chi connectivity index (χ3n) is 5.07. The summed E-state index contributed by atoms with van der Waals surface area (Å²) in [5.41, 5.74) is -0.564. The average Bonchev–Trinajstić information content (AvgIpc) is 2.71. The summed E-state index contributed by atoms with van der Waals surface area (Å²) in [6.45, 7) is -0.175. The molecule has 0 spiro atoms. The standard InChI is InChI=1S/C21H21F3N2O4/c1-30-16-8-9-17-13(11-16)3-2-10-20(17,29)12-25-18(27)19(28)26-15-6-4-14(5-7-15)21(22,23)24/h4-9,11,29H,2-3,10,12H2,1H3,(H,25,27)(H,26,28). The maximum atomic E-state index is 12.6. The topological polar surface area (TPSA) is 87.7 Å². The van der Waals surface area contributed by atoms with E-state index in [0.717, 1.165) is 36.2 Å². The molecule has 160 valence electrons. The van der Waals surface area contributed by atoms with Gasteiger partial charge < -0.3 is 20.5 Å². The number of halogens is 3. The summed E-state index contributed by atoms with van der Waals surface area (Å²) in [6, 6.07) is 9.03. The Labute approximate surface area is 171 Å². The van der Waals surface area contributed by atoms with E-state index in [2.05, 4.69) is 10.6 Å². The maximum Gasteiger partial charge on any atom is 0.416 e. The molecule has 1 aliphatic carbocycles. The van der Waals surface area contributed by atoms with Crippen molar-refractivity contribution in [3.05, 3.63) is 59.2 Å². The number of fused-ring (bicyclic) bond motifs is 1. The molecule has 1 aliphatic rings. The lowest BCUT2D eigenvalue weighted by atomic mass is 9.79. The first-order valence-electron chi connectivity index (χ1n) is 9.28. The van der Waals surface area contributed by atoms with E-state index in [1.807, 2.05) is 6.07 Å². The summed E-state index contributed by atoms with van der Waals surface area (Å²) in [6.07, 6.45) is -2.62. The van der Waals surface area contributed by atoms with Crippen molar-refractivity contribution in [1.82, 2.24) is 5.32 Å². The number of hydrogen-bond donors (Lipinski definition) is 3. The zero-order chi connectivity index (χ0) is 21.9. The van der Waals surface area contributed by atoms with Crippen molar-refractivity contribution in [2.75, 3.05) is 19.0 Å². The summed E-state index contributed by atoms with van der Waals surface area (Å²) in [4.78, 5) is 24.2. The monoisotopic (exact) mass is 422 g/mol. The minimum absolute atomic E-state index is 0.0527. The molecule has 2 amide bonds. The molecule has 0 aromatic heterocycles. The van der Waals surface area contributed by atoms with Gasteiger partial charge in [-0.2, -0.15) is 13.2 Å². The van der Waals surface area contributed by atoms with E-state index in [9.17, 15) is 27.9 Å². The first kappa shape index (κ1) is 21.6. The predicted octanol–water partition coefficient (Wildman–Crippen LogP) is 2.99. The summed E-state index contributed by atoms with van der Waals surface area (Å²) in [7, 11) is 1.55. The minimum atomic E-state index is -4.49. The number of carbonyl (C=O) groups is 2. The Hall–Kier alpha value is -3.07. The van der Waals surface area contributed by atoms with Crippen LogP contribution in [0.4, 0.5) is 18.9 Å². The molecule has 1 unspecified atom stereocenters. The van der Waals surface area contributed by atoms with Gasteiger partial charge in [0.05, 0.1) is 19.2 Å². The molecule has 1 atom stereocenters. The Morgan fingerprint density at radius 3 is 2.47 bits per heavy atom. The zero-order valence-corrected chi connectivity index (χ0v) is 16.2. The number of aryl methyl sites for hydroxylation is 1. The highest BCUT2D eigenvalue weighted by Crippen LogP contribution is 2.36. The van der Waals surface area contributed by atoms with Gasteiger partial charge in [-0.05, 0) is 66.8 Å². The van der Waals surface area contributed by atoms with Crippen molar-refractivity contribution < 1.29 is 32.6 Å². The van der Waals surface area contributed by atoms with E-state index in [1.54, 1.807) is 19.2 Å². The van der Waals surface area contributed by atoms with Crippen molar-refractivity contribution in [2.45, 2.75) is 31.0 Å². The van der Waals surface area contributed by atoms with E-state index < -0.39 is 29.2 Å². The fourth-order valence-electron chi connectivity index (χ4n) is 3.48. The molecular weight excluding hydrogens is 401 g/mol. The van der Waals surface area contributed by atoms with Gasteiger partial charge in [0.1, 0.15) is 11.4 Å². The van der Waals surface area contributed by atoms with Gasteiger partial charge >= 0.3 is 18.0 Å². The normalized spacial score (nSPS) is 18.3. The van der Waals surface area contributed by atoms with Gasteiger partial charge in [-0.3, -0.25) is 9.59 Å². The van der Waals surface area contributed by atoms with Gasteiger partial charge in [-0.25, -0.2) is 0 Å². The fourth-order valence-corrected chi connectivity index (χ4v) is 3.48. The number of alkyl halides is 3. The van der Waals surface area contributed by atoms with Crippen LogP contribution < -0.4 is 15.4 Å². The highest BCUT2D eigenvalue weighted by atomic mass is 19.4. The lowest BCUT2D eigenvalue weighted by Crippen LogP contribution is -2.46. The lowest BCUT2D eigenvalue weighted by Gasteiger charge is -2.34. The number of amides is 2. The predicted molar refractivity (Wildman–Crippen MR) is 103 cm³/mol. The minimum Gasteiger partial charge on any atom is -0.497 e. The van der Waals surface area contributed by atoms with Gasteiger partial charge in [0.25, 0.3) is 0 Å². The van der Waals surface area contributed by atoms with Crippen LogP contribution in [0.25, 0.3) is 0 Å². The number of rotatable bonds is 4. The van der Waals surface area contributed by atoms with Crippen LogP contribution in [0.1, 0.15) is 29.5 Å². The molecule has 0 saturated heterocycles. The SMILES string of the molecule is COc1ccc2c(c1)CCCC2(O)CNC(=O)C(=O)Nc1ccc(C(F)(F)F)cc1. The highest BCUT2D eigenvalue weighted by molar-refractivity contribution is 6.39. The molecule has 0 fully saturated rings. The van der Waals surface area contributed by atoms with Crippen molar-refractivity contribution in [1.29, 1.82) is 0 Å². The smallest absolute Gasteiger partial charge is 0.416 e. The van der Waals surface area contributed by atoms with Crippen LogP contribution >= 0.6 is 0 Å². The van der Waals surface area contributed by atoms with Gasteiger partial charge in [0, 0.05) is 5.69 Å². The lowest BCUT2D eigenvalue weighted by molar-refractivity contribution is -0.137. The van der Waals surface area contributed by atoms with Crippen LogP contribution in [0, 0.1) is 0 Å². The Bertz CT molecular complexity index is 944. The molecule has 0 radical (unpaired) electrons. The summed E-state index contributed by atoms with van der Waals surface area (Å²) < 4.78 is 43.0. The molecule has 3 N–H and O–H groups in total. The van der Waals surface area contributed by atoms with Crippen LogP contribution in [0.15, 0.2) is 42.5 Å². The number of aliphatic hydroxyl groups is 1. The number of nitrogens with one attached hydrogen (secondary N) is 2. The second kappa shape index (κ2) is 8.35. The van der Waals surface area contributed by atoms with E-state index in [1.165, 1.54) is 0 Å². The molecule has 2 aromatic rings. The fraction of sp³-hybridized carbons (Fsp3) is 0.333. The Morgan fingerprint density at radius 1 is 1.13 bits per heavy atom. The van der Waals surface area contributed by atoms with E-state index in [4.69, 9.17) is 4.74 Å². The van der Waals surface area contributed by atoms with Gasteiger partial charge in [0.2, 0.25) is 0 Å². The first-order valence-corrected chi connectivity index (χ1v) is 9.28. The molecule has 0 heterocycles. The van der Waals surface area contributed by atoms with Crippen molar-refractivity contribution >= 4 is 17.5 Å². The molecule has 2 aromatic carbocycles. The Kier molecular flexibility index (Phi) is 6.02. The highest BCUT2D eigenvalue weighted by Gasteiger charge is 2.35. The Balaban J connectivity index is 1.62. The van der Waals surface area contributed by atoms with E-state index in [-0.39, 0.29) is 12.2 Å². The molecule has 30 heavy (non-hydrogen) atoms. The zero-order valence-electron chi connectivity index (χ0n) is 16.2. The molecule has 9 heteroatoms. The van der Waals surface area contributed by atoms with Crippen molar-refractivity contribution in [3.8, 4) is 5.75 Å². The number of ether oxygens (including phenoxy) is 1. The molecule has 0 bridgehead atoms. The molecular formula is C21H21F3N2O4. The number of hydrogen-bond acceptors (Lipinski definition) is 4. The molecule has 0 saturated carbocycles. The summed E-state index contributed by atoms with van der Waals surface area (Å²) >= 11 is 0. The van der Waals surface area contributed by atoms with Crippen molar-refractivity contribution in [2.24, 2.45) is 0 Å². The molecule has 6 nitrogen and oxygen atoms in total. The van der Waals surface area contributed by atoms with Crippen LogP contribution in [0.3, 0.4) is 0 Å². The quantitative estimate of drug-likeness (QED) is 0.661. The maximum absolute atomic E-state index is 12.6. The first-order chi connectivity index (χ1) is 14.1. The summed E-state index contributed by atoms with van der Waals surface area (Å²) in [5.74, 6) is -1.37. The third kappa shape index (κ3) is 4.73. The van der Waals surface area contributed by atoms with E-state index >= 15 is 0 Å². The van der Waals surface area contributed by atoms with Crippen LogP contribution in [-0.4, -0.2) is 30.6 Å². The molecule has 0 aliphatic heterocycles. The summed E-state index contributed by atoms with van der Waals surface area (Å²) in [5, 5.41) is 15.7. The van der Waals surface area contributed by atoms with E-state index in [0.29, 0.717) is 24.2 Å². The Morgan fingerprint density at radius 2 is 1.83 bits per heavy atom. The van der Waals surface area contributed by atoms with Crippen LogP contribution in [0.2, 0.25) is 0 Å². The van der Waals surface area contributed by atoms with Crippen molar-refractivity contribution in [3.63, 3.8) is 0 Å².